The normalized spacial score (nSPS) is 11.4. The summed E-state index contributed by atoms with van der Waals surface area (Å²) >= 11 is 0. The number of ether oxygens (including phenoxy) is 1. The highest BCUT2D eigenvalue weighted by atomic mass is 32.2. The molecule has 0 fully saturated rings. The summed E-state index contributed by atoms with van der Waals surface area (Å²) in [5.41, 5.74) is 7.82. The number of sulfonamides is 1. The smallest absolute Gasteiger partial charge is 0.246 e. The Bertz CT molecular complexity index is 911. The molecule has 27 heavy (non-hydrogen) atoms. The number of benzene rings is 2. The quantitative estimate of drug-likeness (QED) is 0.673. The average Bonchev–Trinajstić information content (AvgIpc) is 2.62. The summed E-state index contributed by atoms with van der Waals surface area (Å²) < 4.78 is 31.6. The van der Waals surface area contributed by atoms with Gasteiger partial charge < -0.3 is 15.8 Å². The van der Waals surface area contributed by atoms with Gasteiger partial charge in [-0.2, -0.15) is 0 Å². The molecule has 0 atom stereocenters. The van der Waals surface area contributed by atoms with Crippen molar-refractivity contribution in [3.63, 3.8) is 0 Å². The van der Waals surface area contributed by atoms with Crippen molar-refractivity contribution in [2.24, 2.45) is 0 Å². The molecule has 146 valence electrons. The van der Waals surface area contributed by atoms with E-state index in [4.69, 9.17) is 10.5 Å². The van der Waals surface area contributed by atoms with Gasteiger partial charge >= 0.3 is 0 Å². The summed E-state index contributed by atoms with van der Waals surface area (Å²) in [5.74, 6) is 0.0249. The first-order valence-electron chi connectivity index (χ1n) is 8.58. The highest BCUT2D eigenvalue weighted by Crippen LogP contribution is 2.29. The van der Waals surface area contributed by atoms with Gasteiger partial charge in [0.25, 0.3) is 0 Å². The Morgan fingerprint density at radius 3 is 2.52 bits per heavy atom. The number of nitrogens with one attached hydrogen (secondary N) is 1. The second-order valence-electron chi connectivity index (χ2n) is 6.13. The zero-order chi connectivity index (χ0) is 20.0. The number of carbonyl (C=O) groups excluding carboxylic acids is 1. The lowest BCUT2D eigenvalue weighted by Crippen LogP contribution is -2.23. The van der Waals surface area contributed by atoms with Gasteiger partial charge in [0.05, 0.1) is 6.61 Å². The van der Waals surface area contributed by atoms with Gasteiger partial charge in [-0.25, -0.2) is 12.7 Å². The number of carbonyl (C=O) groups is 1. The van der Waals surface area contributed by atoms with Crippen LogP contribution in [0.15, 0.2) is 47.4 Å². The van der Waals surface area contributed by atoms with E-state index in [1.54, 1.807) is 25.1 Å². The Hall–Kier alpha value is -2.58. The largest absolute Gasteiger partial charge is 0.492 e. The Balaban J connectivity index is 2.16. The van der Waals surface area contributed by atoms with Crippen molar-refractivity contribution in [3.8, 4) is 5.75 Å². The van der Waals surface area contributed by atoms with E-state index in [-0.39, 0.29) is 23.0 Å². The van der Waals surface area contributed by atoms with Gasteiger partial charge in [-0.3, -0.25) is 4.79 Å². The molecule has 0 aromatic heterocycles. The molecular formula is C19H25N3O4S. The molecular weight excluding hydrogens is 366 g/mol. The van der Waals surface area contributed by atoms with Crippen LogP contribution in [-0.2, 0) is 21.2 Å². The third-order valence-electron chi connectivity index (χ3n) is 3.96. The molecule has 0 aliphatic heterocycles. The van der Waals surface area contributed by atoms with Crippen LogP contribution in [0.2, 0.25) is 0 Å². The van der Waals surface area contributed by atoms with Crippen LogP contribution in [0.3, 0.4) is 0 Å². The second-order valence-corrected chi connectivity index (χ2v) is 8.25. The minimum Gasteiger partial charge on any atom is -0.492 e. The topological polar surface area (TPSA) is 102 Å². The molecule has 0 saturated heterocycles. The lowest BCUT2D eigenvalue weighted by molar-refractivity contribution is -0.116. The van der Waals surface area contributed by atoms with Crippen molar-refractivity contribution >= 4 is 27.3 Å². The van der Waals surface area contributed by atoms with Crippen LogP contribution >= 0.6 is 0 Å². The van der Waals surface area contributed by atoms with E-state index >= 15 is 0 Å². The van der Waals surface area contributed by atoms with Crippen molar-refractivity contribution in [2.75, 3.05) is 31.8 Å². The average molecular weight is 391 g/mol. The van der Waals surface area contributed by atoms with Crippen molar-refractivity contribution in [2.45, 2.75) is 24.7 Å². The minimum atomic E-state index is -3.71. The van der Waals surface area contributed by atoms with E-state index < -0.39 is 10.0 Å². The third-order valence-corrected chi connectivity index (χ3v) is 5.80. The Labute approximate surface area is 160 Å². The molecule has 8 heteroatoms. The van der Waals surface area contributed by atoms with Crippen molar-refractivity contribution in [3.05, 3.63) is 48.0 Å². The van der Waals surface area contributed by atoms with Crippen LogP contribution in [0.4, 0.5) is 11.4 Å². The zero-order valence-electron chi connectivity index (χ0n) is 15.7. The summed E-state index contributed by atoms with van der Waals surface area (Å²) in [7, 11) is -0.818. The highest BCUT2D eigenvalue weighted by molar-refractivity contribution is 7.89. The van der Waals surface area contributed by atoms with E-state index in [0.717, 1.165) is 9.87 Å². The van der Waals surface area contributed by atoms with E-state index in [9.17, 15) is 13.2 Å². The van der Waals surface area contributed by atoms with Crippen LogP contribution < -0.4 is 15.8 Å². The van der Waals surface area contributed by atoms with Crippen molar-refractivity contribution in [1.82, 2.24) is 4.31 Å². The number of hydrogen-bond acceptors (Lipinski definition) is 5. The predicted octanol–water partition coefficient (Wildman–Crippen LogP) is 2.49. The number of amides is 1. The molecule has 0 unspecified atom stereocenters. The lowest BCUT2D eigenvalue weighted by Gasteiger charge is -2.16. The fourth-order valence-electron chi connectivity index (χ4n) is 2.49. The van der Waals surface area contributed by atoms with Crippen molar-refractivity contribution in [1.29, 1.82) is 0 Å². The first kappa shape index (κ1) is 20.7. The van der Waals surface area contributed by atoms with E-state index in [2.05, 4.69) is 5.32 Å². The molecule has 0 aliphatic rings. The summed E-state index contributed by atoms with van der Waals surface area (Å²) in [6, 6.07) is 12.0. The Morgan fingerprint density at radius 1 is 1.19 bits per heavy atom. The molecule has 2 aromatic carbocycles. The monoisotopic (exact) mass is 391 g/mol. The van der Waals surface area contributed by atoms with E-state index in [0.29, 0.717) is 24.4 Å². The lowest BCUT2D eigenvalue weighted by atomic mass is 10.1. The fourth-order valence-corrected chi connectivity index (χ4v) is 3.54. The maximum atomic E-state index is 12.5. The molecule has 2 aromatic rings. The first-order chi connectivity index (χ1) is 12.8. The number of hydrogen-bond donors (Lipinski definition) is 2. The molecule has 0 radical (unpaired) electrons. The molecule has 2 rings (SSSR count). The standard InChI is InChI=1S/C19H25N3O4S/c1-4-26-17-11-10-15(13-18(17)27(24,25)22(2)3)21-19(23)12-9-14-7-5-6-8-16(14)20/h5-8,10-11,13H,4,9,12,20H2,1-3H3,(H,21,23). The number of nitrogens with zero attached hydrogens (tertiary/aromatic N) is 1. The second kappa shape index (κ2) is 8.88. The Morgan fingerprint density at radius 2 is 1.89 bits per heavy atom. The summed E-state index contributed by atoms with van der Waals surface area (Å²) in [6.45, 7) is 2.11. The molecule has 0 bridgehead atoms. The number of aryl methyl sites for hydroxylation is 1. The number of rotatable bonds is 8. The molecule has 3 N–H and O–H groups in total. The molecule has 0 spiro atoms. The molecule has 1 amide bonds. The summed E-state index contributed by atoms with van der Waals surface area (Å²) in [4.78, 5) is 12.3. The molecule has 0 saturated carbocycles. The van der Waals surface area contributed by atoms with E-state index in [1.807, 2.05) is 18.2 Å². The molecule has 0 aliphatic carbocycles. The third kappa shape index (κ3) is 5.21. The van der Waals surface area contributed by atoms with Gasteiger partial charge in [-0.05, 0) is 43.2 Å². The van der Waals surface area contributed by atoms with Gasteiger partial charge in [-0.1, -0.05) is 18.2 Å². The molecule has 7 nitrogen and oxygen atoms in total. The molecule has 0 heterocycles. The fraction of sp³-hybridized carbons (Fsp3) is 0.316. The van der Waals surface area contributed by atoms with Crippen molar-refractivity contribution < 1.29 is 17.9 Å². The number of anilines is 2. The van der Waals surface area contributed by atoms with Gasteiger partial charge in [0.2, 0.25) is 15.9 Å². The van der Waals surface area contributed by atoms with Crippen LogP contribution in [-0.4, -0.2) is 39.3 Å². The van der Waals surface area contributed by atoms with Gasteiger partial charge in [-0.15, -0.1) is 0 Å². The zero-order valence-corrected chi connectivity index (χ0v) is 16.5. The number of para-hydroxylation sites is 1. The number of nitrogens with two attached hydrogens (primary N) is 1. The van der Waals surface area contributed by atoms with Crippen LogP contribution in [0.5, 0.6) is 5.75 Å². The van der Waals surface area contributed by atoms with Gasteiger partial charge in [0, 0.05) is 31.9 Å². The maximum absolute atomic E-state index is 12.5. The maximum Gasteiger partial charge on any atom is 0.246 e. The SMILES string of the molecule is CCOc1ccc(NC(=O)CCc2ccccc2N)cc1S(=O)(=O)N(C)C. The predicted molar refractivity (Wildman–Crippen MR) is 106 cm³/mol. The van der Waals surface area contributed by atoms with Crippen LogP contribution in [0, 0.1) is 0 Å². The van der Waals surface area contributed by atoms with Gasteiger partial charge in [0.1, 0.15) is 10.6 Å². The number of nitrogen functional groups attached to an aromatic ring is 1. The highest BCUT2D eigenvalue weighted by Gasteiger charge is 2.23. The van der Waals surface area contributed by atoms with Crippen LogP contribution in [0.25, 0.3) is 0 Å². The van der Waals surface area contributed by atoms with Crippen LogP contribution in [0.1, 0.15) is 18.9 Å². The first-order valence-corrected chi connectivity index (χ1v) is 10.0. The van der Waals surface area contributed by atoms with E-state index in [1.165, 1.54) is 20.2 Å². The summed E-state index contributed by atoms with van der Waals surface area (Å²) in [6.07, 6.45) is 0.732. The minimum absolute atomic E-state index is 0.0134. The Kier molecular flexibility index (Phi) is 6.81. The van der Waals surface area contributed by atoms with Gasteiger partial charge in [0.15, 0.2) is 0 Å². The summed E-state index contributed by atoms with van der Waals surface area (Å²) in [5, 5.41) is 2.73.